The first kappa shape index (κ1) is 72.5. The minimum atomic E-state index is -0.813. The normalized spacial score (nSPS) is 13.0. The van der Waals surface area contributed by atoms with Gasteiger partial charge in [0.2, 0.25) is 0 Å². The number of hydrogen-bond donors (Lipinski definition) is 0. The maximum absolute atomic E-state index is 12.9. The molecule has 77 heavy (non-hydrogen) atoms. The fourth-order valence-corrected chi connectivity index (χ4v) is 8.36. The van der Waals surface area contributed by atoms with E-state index < -0.39 is 6.10 Å². The lowest BCUT2D eigenvalue weighted by molar-refractivity contribution is -0.167. The number of rotatable bonds is 56. The van der Waals surface area contributed by atoms with Crippen molar-refractivity contribution in [2.45, 2.75) is 284 Å². The van der Waals surface area contributed by atoms with Crippen molar-refractivity contribution >= 4 is 17.9 Å². The number of esters is 3. The third kappa shape index (κ3) is 62.3. The molecule has 0 aromatic carbocycles. The minimum absolute atomic E-state index is 0.105. The second-order valence-electron chi connectivity index (χ2n) is 20.6. The average Bonchev–Trinajstić information content (AvgIpc) is 3.43. The lowest BCUT2D eigenvalue weighted by Gasteiger charge is -2.18. The summed E-state index contributed by atoms with van der Waals surface area (Å²) in [6, 6.07) is 0. The van der Waals surface area contributed by atoms with Crippen molar-refractivity contribution < 1.29 is 28.6 Å². The fraction of sp³-hybridized carbons (Fsp3) is 0.648. The van der Waals surface area contributed by atoms with E-state index in [0.717, 1.165) is 141 Å². The van der Waals surface area contributed by atoms with Gasteiger partial charge in [-0.05, 0) is 141 Å². The van der Waals surface area contributed by atoms with E-state index in [-0.39, 0.29) is 31.1 Å². The van der Waals surface area contributed by atoms with Crippen LogP contribution in [0.15, 0.2) is 134 Å². The third-order valence-electron chi connectivity index (χ3n) is 13.1. The molecule has 6 heteroatoms. The third-order valence-corrected chi connectivity index (χ3v) is 13.1. The second-order valence-corrected chi connectivity index (χ2v) is 20.6. The summed E-state index contributed by atoms with van der Waals surface area (Å²) in [5.41, 5.74) is 0. The number of unbranched alkanes of at least 4 members (excludes halogenated alkanes) is 23. The SMILES string of the molecule is CC/C=C\C/C=C\C/C=C\C/C=C\C/C=C\C/C=C\C/C=C\C/C=C\CCCCC(=O)OCC(COC(=O)CCCCCCC/C=C\CCCCCCCCC)OC(=O)CCCCCCC/C=C\C/C=C\CCCCCC. The zero-order valence-electron chi connectivity index (χ0n) is 49.9. The van der Waals surface area contributed by atoms with Gasteiger partial charge in [0.1, 0.15) is 13.2 Å². The van der Waals surface area contributed by atoms with Gasteiger partial charge >= 0.3 is 17.9 Å². The molecule has 0 bridgehead atoms. The second kappa shape index (κ2) is 64.1. The highest BCUT2D eigenvalue weighted by atomic mass is 16.6. The molecule has 0 N–H and O–H groups in total. The summed E-state index contributed by atoms with van der Waals surface area (Å²) in [7, 11) is 0. The van der Waals surface area contributed by atoms with Gasteiger partial charge in [-0.2, -0.15) is 0 Å². The summed E-state index contributed by atoms with van der Waals surface area (Å²) in [5.74, 6) is -0.971. The Hall–Kier alpha value is -4.45. The highest BCUT2D eigenvalue weighted by molar-refractivity contribution is 5.71. The maximum Gasteiger partial charge on any atom is 0.306 e. The summed E-state index contributed by atoms with van der Waals surface area (Å²) >= 11 is 0. The topological polar surface area (TPSA) is 78.9 Å². The molecular weight excluding hydrogens is 949 g/mol. The van der Waals surface area contributed by atoms with Gasteiger partial charge in [-0.15, -0.1) is 0 Å². The van der Waals surface area contributed by atoms with E-state index in [1.807, 2.05) is 0 Å². The van der Waals surface area contributed by atoms with Gasteiger partial charge in [0.15, 0.2) is 6.10 Å². The van der Waals surface area contributed by atoms with Gasteiger partial charge in [-0.3, -0.25) is 14.4 Å². The Morgan fingerprint density at radius 3 is 0.844 bits per heavy atom. The molecule has 1 unspecified atom stereocenters. The van der Waals surface area contributed by atoms with Crippen molar-refractivity contribution in [1.29, 1.82) is 0 Å². The summed E-state index contributed by atoms with van der Waals surface area (Å²) in [6.07, 6.45) is 90.2. The van der Waals surface area contributed by atoms with E-state index in [1.165, 1.54) is 89.9 Å². The first-order valence-electron chi connectivity index (χ1n) is 31.7. The molecule has 0 rings (SSSR count). The van der Waals surface area contributed by atoms with Gasteiger partial charge < -0.3 is 14.2 Å². The fourth-order valence-electron chi connectivity index (χ4n) is 8.36. The zero-order valence-corrected chi connectivity index (χ0v) is 49.9. The Morgan fingerprint density at radius 1 is 0.273 bits per heavy atom. The van der Waals surface area contributed by atoms with Crippen LogP contribution in [-0.2, 0) is 28.6 Å². The molecule has 6 nitrogen and oxygen atoms in total. The van der Waals surface area contributed by atoms with Crippen molar-refractivity contribution in [1.82, 2.24) is 0 Å². The molecule has 0 amide bonds. The average molecular weight is 1070 g/mol. The van der Waals surface area contributed by atoms with Crippen molar-refractivity contribution in [3.8, 4) is 0 Å². The summed E-state index contributed by atoms with van der Waals surface area (Å²) in [5, 5.41) is 0. The first-order valence-corrected chi connectivity index (χ1v) is 31.7. The molecular formula is C71H116O6. The smallest absolute Gasteiger partial charge is 0.306 e. The van der Waals surface area contributed by atoms with Crippen molar-refractivity contribution in [2.75, 3.05) is 13.2 Å². The summed E-state index contributed by atoms with van der Waals surface area (Å²) in [6.45, 7) is 6.46. The van der Waals surface area contributed by atoms with Crippen LogP contribution in [0.4, 0.5) is 0 Å². The van der Waals surface area contributed by atoms with Gasteiger partial charge in [-0.1, -0.05) is 251 Å². The van der Waals surface area contributed by atoms with Crippen LogP contribution in [0.1, 0.15) is 278 Å². The highest BCUT2D eigenvalue weighted by Gasteiger charge is 2.19. The van der Waals surface area contributed by atoms with Crippen LogP contribution in [0.2, 0.25) is 0 Å². The van der Waals surface area contributed by atoms with Gasteiger partial charge in [0, 0.05) is 19.3 Å². The molecule has 0 aromatic heterocycles. The van der Waals surface area contributed by atoms with Gasteiger partial charge in [0.05, 0.1) is 0 Å². The number of carbonyl (C=O) groups is 3. The molecule has 0 saturated heterocycles. The molecule has 0 fully saturated rings. The maximum atomic E-state index is 12.9. The summed E-state index contributed by atoms with van der Waals surface area (Å²) in [4.78, 5) is 38.3. The van der Waals surface area contributed by atoms with Gasteiger partial charge in [-0.25, -0.2) is 0 Å². The molecule has 436 valence electrons. The largest absolute Gasteiger partial charge is 0.462 e. The lowest BCUT2D eigenvalue weighted by atomic mass is 10.1. The van der Waals surface area contributed by atoms with E-state index >= 15 is 0 Å². The highest BCUT2D eigenvalue weighted by Crippen LogP contribution is 2.14. The lowest BCUT2D eigenvalue weighted by Crippen LogP contribution is -2.30. The molecule has 0 aliphatic rings. The standard InChI is InChI=1S/C71H116O6/c1-4-7-10-13-16-19-22-25-28-31-32-33-34-35-36-37-38-39-40-41-44-46-49-52-55-58-61-64-70(73)76-67-68(77-71(74)65-62-59-56-53-50-47-43-30-27-24-21-18-15-12-9-6-3)66-75-69(72)63-60-57-54-51-48-45-42-29-26-23-20-17-14-11-8-5-2/h7,10,16,19,21,24-25,28-30,32-33,35-36,38-39,41-44,49,52,68H,4-6,8-9,11-15,17-18,20,22-23,26-27,31,34,37,40,45-48,50-51,53-67H2,1-3H3/b10-7-,19-16-,24-21-,28-25-,33-32-,36-35-,39-38-,42-29-,43-30-,44-41-,52-49-. The van der Waals surface area contributed by atoms with E-state index in [1.54, 1.807) is 0 Å². The molecule has 0 heterocycles. The van der Waals surface area contributed by atoms with Crippen LogP contribution in [-0.4, -0.2) is 37.2 Å². The number of hydrogen-bond acceptors (Lipinski definition) is 6. The molecule has 1 atom stereocenters. The predicted molar refractivity (Wildman–Crippen MR) is 334 cm³/mol. The molecule has 0 aliphatic heterocycles. The molecule has 0 spiro atoms. The van der Waals surface area contributed by atoms with Crippen LogP contribution in [0.5, 0.6) is 0 Å². The Morgan fingerprint density at radius 2 is 0.506 bits per heavy atom. The Balaban J connectivity index is 4.48. The molecule has 0 saturated carbocycles. The van der Waals surface area contributed by atoms with E-state index in [0.29, 0.717) is 25.7 Å². The van der Waals surface area contributed by atoms with Crippen molar-refractivity contribution in [3.05, 3.63) is 134 Å². The van der Waals surface area contributed by atoms with Crippen LogP contribution >= 0.6 is 0 Å². The van der Waals surface area contributed by atoms with Crippen molar-refractivity contribution in [2.24, 2.45) is 0 Å². The predicted octanol–water partition coefficient (Wildman–Crippen LogP) is 21.8. The van der Waals surface area contributed by atoms with E-state index in [2.05, 4.69) is 154 Å². The number of ether oxygens (including phenoxy) is 3. The zero-order chi connectivity index (χ0) is 55.7. The van der Waals surface area contributed by atoms with Crippen molar-refractivity contribution in [3.63, 3.8) is 0 Å². The molecule has 0 radical (unpaired) electrons. The number of allylic oxidation sites excluding steroid dienone is 22. The molecule has 0 aliphatic carbocycles. The quantitative estimate of drug-likeness (QED) is 0.0261. The van der Waals surface area contributed by atoms with Crippen LogP contribution in [0.25, 0.3) is 0 Å². The Labute approximate surface area is 475 Å². The van der Waals surface area contributed by atoms with Crippen LogP contribution < -0.4 is 0 Å². The van der Waals surface area contributed by atoms with E-state index in [4.69, 9.17) is 14.2 Å². The van der Waals surface area contributed by atoms with E-state index in [9.17, 15) is 14.4 Å². The van der Waals surface area contributed by atoms with Crippen LogP contribution in [0.3, 0.4) is 0 Å². The first-order chi connectivity index (χ1) is 38.0. The molecule has 0 aromatic rings. The van der Waals surface area contributed by atoms with Crippen LogP contribution in [0, 0.1) is 0 Å². The number of carbonyl (C=O) groups excluding carboxylic acids is 3. The Bertz CT molecular complexity index is 1650. The minimum Gasteiger partial charge on any atom is -0.462 e. The summed E-state index contributed by atoms with van der Waals surface area (Å²) < 4.78 is 16.9. The van der Waals surface area contributed by atoms with Gasteiger partial charge in [0.25, 0.3) is 0 Å². The monoisotopic (exact) mass is 1060 g/mol. The Kier molecular flexibility index (Phi) is 60.4.